The minimum Gasteiger partial charge on any atom is -0.370 e. The molecule has 3 N–H and O–H groups in total. The number of aromatic nitrogens is 1. The summed E-state index contributed by atoms with van der Waals surface area (Å²) in [6.07, 6.45) is 8.91. The van der Waals surface area contributed by atoms with Gasteiger partial charge in [0.05, 0.1) is 0 Å². The molecule has 1 aliphatic carbocycles. The number of rotatable bonds is 7. The minimum atomic E-state index is -0.219. The number of hydrogen-bond acceptors (Lipinski definition) is 4. The van der Waals surface area contributed by atoms with Crippen LogP contribution in [0.25, 0.3) is 11.1 Å². The van der Waals surface area contributed by atoms with Crippen molar-refractivity contribution in [3.63, 3.8) is 0 Å². The third kappa shape index (κ3) is 5.92. The van der Waals surface area contributed by atoms with E-state index >= 15 is 0 Å². The third-order valence-electron chi connectivity index (χ3n) is 7.26. The monoisotopic (exact) mass is 448 g/mol. The normalized spacial score (nSPS) is 21.5. The molecular weight excluding hydrogens is 412 g/mol. The molecule has 1 aliphatic heterocycles. The van der Waals surface area contributed by atoms with E-state index in [0.717, 1.165) is 63.9 Å². The van der Waals surface area contributed by atoms with Crippen molar-refractivity contribution in [1.29, 1.82) is 0 Å². The predicted molar refractivity (Wildman–Crippen MR) is 132 cm³/mol. The van der Waals surface area contributed by atoms with Crippen LogP contribution in [0.4, 0.5) is 5.82 Å². The Morgan fingerprint density at radius 1 is 1.06 bits per heavy atom. The van der Waals surface area contributed by atoms with Crippen LogP contribution < -0.4 is 16.0 Å². The zero-order valence-corrected chi connectivity index (χ0v) is 19.6. The van der Waals surface area contributed by atoms with Gasteiger partial charge in [-0.25, -0.2) is 4.98 Å². The van der Waals surface area contributed by atoms with E-state index in [4.69, 9.17) is 10.7 Å². The number of aryl methyl sites for hydroxylation is 1. The standard InChI is InChI=1S/C27H36N4O2/c1-2-19-16-24(21-6-4-3-5-7-21)26(29-18-19)31-14-12-22(13-15-31)27(33)30-23-10-8-20(9-11-23)17-25(28)32/h3-7,16,18,20,22-23H,2,8-15,17H2,1H3,(H2,28,32)(H,30,33). The van der Waals surface area contributed by atoms with Crippen molar-refractivity contribution >= 4 is 17.6 Å². The molecule has 1 saturated heterocycles. The molecule has 0 radical (unpaired) electrons. The summed E-state index contributed by atoms with van der Waals surface area (Å²) < 4.78 is 0. The quantitative estimate of drug-likeness (QED) is 0.668. The van der Waals surface area contributed by atoms with Gasteiger partial charge in [-0.2, -0.15) is 0 Å². The van der Waals surface area contributed by atoms with Gasteiger partial charge >= 0.3 is 0 Å². The Hall–Kier alpha value is -2.89. The predicted octanol–water partition coefficient (Wildman–Crippen LogP) is 4.08. The fourth-order valence-corrected chi connectivity index (χ4v) is 5.24. The topological polar surface area (TPSA) is 88.3 Å². The van der Waals surface area contributed by atoms with Gasteiger partial charge in [-0.3, -0.25) is 9.59 Å². The van der Waals surface area contributed by atoms with E-state index in [9.17, 15) is 9.59 Å². The molecule has 0 unspecified atom stereocenters. The number of nitrogens with one attached hydrogen (secondary N) is 1. The van der Waals surface area contributed by atoms with Gasteiger partial charge in [0.1, 0.15) is 5.82 Å². The molecule has 2 heterocycles. The average molecular weight is 449 g/mol. The molecule has 33 heavy (non-hydrogen) atoms. The molecule has 2 fully saturated rings. The fourth-order valence-electron chi connectivity index (χ4n) is 5.24. The number of piperidine rings is 1. The zero-order valence-electron chi connectivity index (χ0n) is 19.6. The Balaban J connectivity index is 1.34. The number of nitrogens with two attached hydrogens (primary N) is 1. The van der Waals surface area contributed by atoms with Gasteiger partial charge in [0.2, 0.25) is 11.8 Å². The highest BCUT2D eigenvalue weighted by atomic mass is 16.2. The van der Waals surface area contributed by atoms with Crippen molar-refractivity contribution in [3.8, 4) is 11.1 Å². The summed E-state index contributed by atoms with van der Waals surface area (Å²) in [5.41, 5.74) is 8.92. The second-order valence-electron chi connectivity index (χ2n) is 9.59. The Morgan fingerprint density at radius 2 is 1.76 bits per heavy atom. The van der Waals surface area contributed by atoms with E-state index in [1.807, 2.05) is 12.3 Å². The molecule has 2 amide bonds. The van der Waals surface area contributed by atoms with Crippen molar-refractivity contribution in [2.24, 2.45) is 17.6 Å². The van der Waals surface area contributed by atoms with E-state index in [0.29, 0.717) is 12.3 Å². The molecule has 1 saturated carbocycles. The maximum absolute atomic E-state index is 12.9. The molecule has 6 nitrogen and oxygen atoms in total. The molecule has 2 aromatic rings. The molecule has 0 atom stereocenters. The number of primary amides is 1. The summed E-state index contributed by atoms with van der Waals surface area (Å²) in [5.74, 6) is 1.42. The van der Waals surface area contributed by atoms with Gasteiger partial charge in [-0.1, -0.05) is 37.3 Å². The highest BCUT2D eigenvalue weighted by Crippen LogP contribution is 2.33. The highest BCUT2D eigenvalue weighted by Gasteiger charge is 2.30. The van der Waals surface area contributed by atoms with Crippen molar-refractivity contribution in [2.45, 2.75) is 64.3 Å². The smallest absolute Gasteiger partial charge is 0.223 e. The number of anilines is 1. The van der Waals surface area contributed by atoms with Crippen molar-refractivity contribution in [2.75, 3.05) is 18.0 Å². The van der Waals surface area contributed by atoms with Crippen LogP contribution in [0, 0.1) is 11.8 Å². The van der Waals surface area contributed by atoms with Crippen LogP contribution in [-0.2, 0) is 16.0 Å². The molecule has 0 bridgehead atoms. The first-order valence-electron chi connectivity index (χ1n) is 12.4. The number of pyridine rings is 1. The van der Waals surface area contributed by atoms with Crippen LogP contribution in [0.3, 0.4) is 0 Å². The van der Waals surface area contributed by atoms with E-state index in [1.54, 1.807) is 0 Å². The molecule has 2 aliphatic rings. The summed E-state index contributed by atoms with van der Waals surface area (Å²) in [7, 11) is 0. The van der Waals surface area contributed by atoms with Crippen LogP contribution in [0.2, 0.25) is 0 Å². The zero-order chi connectivity index (χ0) is 23.2. The van der Waals surface area contributed by atoms with Gasteiger partial charge in [-0.15, -0.1) is 0 Å². The maximum atomic E-state index is 12.9. The summed E-state index contributed by atoms with van der Waals surface area (Å²) in [6, 6.07) is 12.9. The van der Waals surface area contributed by atoms with Crippen LogP contribution in [-0.4, -0.2) is 35.9 Å². The third-order valence-corrected chi connectivity index (χ3v) is 7.26. The molecule has 4 rings (SSSR count). The van der Waals surface area contributed by atoms with Gasteiger partial charge in [0, 0.05) is 43.2 Å². The van der Waals surface area contributed by atoms with Crippen LogP contribution >= 0.6 is 0 Å². The number of amides is 2. The van der Waals surface area contributed by atoms with Gasteiger partial charge in [0.15, 0.2) is 0 Å². The minimum absolute atomic E-state index is 0.0553. The largest absolute Gasteiger partial charge is 0.370 e. The Kier molecular flexibility index (Phi) is 7.63. The molecule has 176 valence electrons. The lowest BCUT2D eigenvalue weighted by molar-refractivity contribution is -0.127. The Bertz CT molecular complexity index is 946. The van der Waals surface area contributed by atoms with E-state index in [1.165, 1.54) is 16.7 Å². The maximum Gasteiger partial charge on any atom is 0.223 e. The first kappa shape index (κ1) is 23.3. The molecule has 1 aromatic carbocycles. The number of carbonyl (C=O) groups excluding carboxylic acids is 2. The van der Waals surface area contributed by atoms with Crippen LogP contribution in [0.5, 0.6) is 0 Å². The number of nitrogens with zero attached hydrogens (tertiary/aromatic N) is 2. The lowest BCUT2D eigenvalue weighted by atomic mass is 9.83. The molecule has 1 aromatic heterocycles. The van der Waals surface area contributed by atoms with Crippen molar-refractivity contribution in [1.82, 2.24) is 10.3 Å². The summed E-state index contributed by atoms with van der Waals surface area (Å²) in [4.78, 5) is 31.2. The second kappa shape index (κ2) is 10.8. The number of hydrogen-bond donors (Lipinski definition) is 2. The van der Waals surface area contributed by atoms with Crippen molar-refractivity contribution in [3.05, 3.63) is 48.2 Å². The van der Waals surface area contributed by atoms with Crippen LogP contribution in [0.1, 0.15) is 57.4 Å². The van der Waals surface area contributed by atoms with Gasteiger partial charge < -0.3 is 16.0 Å². The molecule has 0 spiro atoms. The highest BCUT2D eigenvalue weighted by molar-refractivity contribution is 5.80. The number of carbonyl (C=O) groups is 2. The molecule has 6 heteroatoms. The van der Waals surface area contributed by atoms with Crippen LogP contribution in [0.15, 0.2) is 42.6 Å². The SMILES string of the molecule is CCc1cnc(N2CCC(C(=O)NC3CCC(CC(N)=O)CC3)CC2)c(-c2ccccc2)c1. The first-order chi connectivity index (χ1) is 16.0. The number of benzene rings is 1. The molecular formula is C27H36N4O2. The summed E-state index contributed by atoms with van der Waals surface area (Å²) >= 11 is 0. The lowest BCUT2D eigenvalue weighted by Gasteiger charge is -2.35. The second-order valence-corrected chi connectivity index (χ2v) is 9.59. The fraction of sp³-hybridized carbons (Fsp3) is 0.519. The Morgan fingerprint density at radius 3 is 2.39 bits per heavy atom. The summed E-state index contributed by atoms with van der Waals surface area (Å²) in [5, 5.41) is 3.28. The first-order valence-corrected chi connectivity index (χ1v) is 12.4. The average Bonchev–Trinajstić information content (AvgIpc) is 2.85. The lowest BCUT2D eigenvalue weighted by Crippen LogP contribution is -2.45. The Labute approximate surface area is 197 Å². The van der Waals surface area contributed by atoms with Gasteiger partial charge in [0.25, 0.3) is 0 Å². The van der Waals surface area contributed by atoms with E-state index in [-0.39, 0.29) is 23.8 Å². The van der Waals surface area contributed by atoms with E-state index < -0.39 is 0 Å². The van der Waals surface area contributed by atoms with Gasteiger partial charge in [-0.05, 0) is 68.1 Å². The van der Waals surface area contributed by atoms with E-state index in [2.05, 4.69) is 47.5 Å². The van der Waals surface area contributed by atoms with Crippen molar-refractivity contribution < 1.29 is 9.59 Å². The summed E-state index contributed by atoms with van der Waals surface area (Å²) in [6.45, 7) is 3.82.